The molecule has 0 saturated carbocycles. The van der Waals surface area contributed by atoms with E-state index in [1.54, 1.807) is 12.0 Å². The number of methoxy groups -OCH3 is 1. The zero-order valence-corrected chi connectivity index (χ0v) is 18.0. The summed E-state index contributed by atoms with van der Waals surface area (Å²) >= 11 is 0. The molecule has 6 nitrogen and oxygen atoms in total. The molecule has 156 valence electrons. The number of nitrogens with one attached hydrogen (secondary N) is 2. The lowest BCUT2D eigenvalue weighted by Crippen LogP contribution is -2.40. The number of nitrogens with zero attached hydrogens (tertiary/aromatic N) is 1. The van der Waals surface area contributed by atoms with Crippen LogP contribution in [0, 0.1) is 27.7 Å². The van der Waals surface area contributed by atoms with Gasteiger partial charge < -0.3 is 15.4 Å². The Morgan fingerprint density at radius 1 is 0.897 bits per heavy atom. The molecule has 0 spiro atoms. The summed E-state index contributed by atoms with van der Waals surface area (Å²) in [5.41, 5.74) is 5.99. The van der Waals surface area contributed by atoms with Crippen molar-refractivity contribution in [1.82, 2.24) is 4.90 Å². The first-order chi connectivity index (χ1) is 13.8. The van der Waals surface area contributed by atoms with Gasteiger partial charge in [0.05, 0.1) is 19.7 Å². The molecule has 2 aromatic rings. The Labute approximate surface area is 173 Å². The van der Waals surface area contributed by atoms with Crippen molar-refractivity contribution >= 4 is 23.2 Å². The number of rotatable bonds is 9. The molecule has 2 aromatic carbocycles. The second-order valence-corrected chi connectivity index (χ2v) is 7.35. The van der Waals surface area contributed by atoms with Crippen LogP contribution in [0.25, 0.3) is 0 Å². The lowest BCUT2D eigenvalue weighted by atomic mass is 10.1. The van der Waals surface area contributed by atoms with Crippen molar-refractivity contribution in [3.8, 4) is 0 Å². The first-order valence-corrected chi connectivity index (χ1v) is 9.74. The second kappa shape index (κ2) is 10.7. The van der Waals surface area contributed by atoms with Crippen molar-refractivity contribution in [2.75, 3.05) is 44.0 Å². The molecule has 0 heterocycles. The largest absolute Gasteiger partial charge is 0.383 e. The summed E-state index contributed by atoms with van der Waals surface area (Å²) in [6.07, 6.45) is 0. The molecule has 0 radical (unpaired) electrons. The summed E-state index contributed by atoms with van der Waals surface area (Å²) in [7, 11) is 1.60. The predicted octanol–water partition coefficient (Wildman–Crippen LogP) is 3.45. The van der Waals surface area contributed by atoms with Gasteiger partial charge in [-0.05, 0) is 68.1 Å². The van der Waals surface area contributed by atoms with Gasteiger partial charge in [0.25, 0.3) is 0 Å². The third kappa shape index (κ3) is 7.00. The number of benzene rings is 2. The molecule has 0 saturated heterocycles. The highest BCUT2D eigenvalue weighted by Crippen LogP contribution is 2.18. The van der Waals surface area contributed by atoms with E-state index in [1.165, 1.54) is 5.56 Å². The molecule has 0 unspecified atom stereocenters. The van der Waals surface area contributed by atoms with Crippen LogP contribution in [-0.2, 0) is 14.3 Å². The maximum Gasteiger partial charge on any atom is 0.238 e. The summed E-state index contributed by atoms with van der Waals surface area (Å²) in [6.45, 7) is 9.16. The first-order valence-electron chi connectivity index (χ1n) is 9.74. The summed E-state index contributed by atoms with van der Waals surface area (Å²) in [5, 5.41) is 5.84. The Morgan fingerprint density at radius 3 is 2.24 bits per heavy atom. The highest BCUT2D eigenvalue weighted by molar-refractivity contribution is 5.95. The molecule has 6 heteroatoms. The number of hydrogen-bond acceptors (Lipinski definition) is 4. The van der Waals surface area contributed by atoms with E-state index in [-0.39, 0.29) is 24.9 Å². The van der Waals surface area contributed by atoms with Crippen LogP contribution in [0.4, 0.5) is 11.4 Å². The maximum absolute atomic E-state index is 12.5. The van der Waals surface area contributed by atoms with E-state index >= 15 is 0 Å². The fourth-order valence-electron chi connectivity index (χ4n) is 2.94. The first kappa shape index (κ1) is 22.6. The van der Waals surface area contributed by atoms with Gasteiger partial charge in [-0.1, -0.05) is 18.2 Å². The Hall–Kier alpha value is -2.70. The molecule has 2 amide bonds. The minimum Gasteiger partial charge on any atom is -0.383 e. The Morgan fingerprint density at radius 2 is 1.59 bits per heavy atom. The smallest absolute Gasteiger partial charge is 0.238 e. The van der Waals surface area contributed by atoms with Gasteiger partial charge in [0.2, 0.25) is 11.8 Å². The number of carbonyl (C=O) groups is 2. The van der Waals surface area contributed by atoms with E-state index in [4.69, 9.17) is 4.74 Å². The molecule has 0 aliphatic rings. The van der Waals surface area contributed by atoms with E-state index in [9.17, 15) is 9.59 Å². The number of anilines is 2. The molecular formula is C23H31N3O3. The molecule has 0 bridgehead atoms. The molecule has 0 aromatic heterocycles. The molecule has 0 aliphatic heterocycles. The van der Waals surface area contributed by atoms with Crippen LogP contribution in [0.2, 0.25) is 0 Å². The van der Waals surface area contributed by atoms with Gasteiger partial charge in [0.1, 0.15) is 0 Å². The molecule has 0 fully saturated rings. The zero-order valence-electron chi connectivity index (χ0n) is 18.0. The molecule has 2 rings (SSSR count). The van der Waals surface area contributed by atoms with Gasteiger partial charge in [0, 0.05) is 25.0 Å². The Balaban J connectivity index is 1.98. The van der Waals surface area contributed by atoms with Crippen molar-refractivity contribution < 1.29 is 14.3 Å². The van der Waals surface area contributed by atoms with Crippen LogP contribution in [0.15, 0.2) is 36.4 Å². The van der Waals surface area contributed by atoms with Crippen molar-refractivity contribution in [2.45, 2.75) is 27.7 Å². The second-order valence-electron chi connectivity index (χ2n) is 7.35. The van der Waals surface area contributed by atoms with E-state index in [1.807, 2.05) is 64.1 Å². The third-order valence-electron chi connectivity index (χ3n) is 5.02. The number of aryl methyl sites for hydroxylation is 3. The topological polar surface area (TPSA) is 70.7 Å². The van der Waals surface area contributed by atoms with Crippen molar-refractivity contribution in [1.29, 1.82) is 0 Å². The molecule has 29 heavy (non-hydrogen) atoms. The molecule has 0 aliphatic carbocycles. The van der Waals surface area contributed by atoms with E-state index in [0.717, 1.165) is 28.1 Å². The predicted molar refractivity (Wildman–Crippen MR) is 117 cm³/mol. The van der Waals surface area contributed by atoms with Crippen molar-refractivity contribution in [2.24, 2.45) is 0 Å². The van der Waals surface area contributed by atoms with Crippen molar-refractivity contribution in [3.05, 3.63) is 58.7 Å². The summed E-state index contributed by atoms with van der Waals surface area (Å²) < 4.78 is 5.13. The Bertz CT molecular complexity index is 864. The van der Waals surface area contributed by atoms with Gasteiger partial charge in [-0.3, -0.25) is 14.5 Å². The van der Waals surface area contributed by atoms with Crippen molar-refractivity contribution in [3.63, 3.8) is 0 Å². The number of carbonyl (C=O) groups excluding carboxylic acids is 2. The van der Waals surface area contributed by atoms with Crippen LogP contribution in [0.3, 0.4) is 0 Å². The summed E-state index contributed by atoms with van der Waals surface area (Å²) in [5.74, 6) is -0.322. The normalized spacial score (nSPS) is 10.8. The van der Waals surface area contributed by atoms with Crippen LogP contribution >= 0.6 is 0 Å². The number of hydrogen-bond donors (Lipinski definition) is 2. The van der Waals surface area contributed by atoms with E-state index in [0.29, 0.717) is 13.2 Å². The minimum atomic E-state index is -0.163. The van der Waals surface area contributed by atoms with Gasteiger partial charge in [-0.15, -0.1) is 0 Å². The molecular weight excluding hydrogens is 366 g/mol. The minimum absolute atomic E-state index is 0.108. The van der Waals surface area contributed by atoms with Gasteiger partial charge in [-0.2, -0.15) is 0 Å². The van der Waals surface area contributed by atoms with Crippen LogP contribution in [-0.4, -0.2) is 50.1 Å². The summed E-state index contributed by atoms with van der Waals surface area (Å²) in [6, 6.07) is 11.6. The number of ether oxygens (including phenoxy) is 1. The quantitative estimate of drug-likeness (QED) is 0.680. The molecule has 2 N–H and O–H groups in total. The number of amides is 2. The van der Waals surface area contributed by atoms with Crippen LogP contribution in [0.1, 0.15) is 22.3 Å². The fraction of sp³-hybridized carbons (Fsp3) is 0.391. The van der Waals surface area contributed by atoms with Gasteiger partial charge >= 0.3 is 0 Å². The average molecular weight is 398 g/mol. The monoisotopic (exact) mass is 397 g/mol. The highest BCUT2D eigenvalue weighted by Gasteiger charge is 2.16. The summed E-state index contributed by atoms with van der Waals surface area (Å²) in [4.78, 5) is 26.8. The third-order valence-corrected chi connectivity index (χ3v) is 5.02. The van der Waals surface area contributed by atoms with Gasteiger partial charge in [-0.25, -0.2) is 0 Å². The van der Waals surface area contributed by atoms with Crippen LogP contribution < -0.4 is 10.6 Å². The van der Waals surface area contributed by atoms with E-state index in [2.05, 4.69) is 10.6 Å². The van der Waals surface area contributed by atoms with Gasteiger partial charge in [0.15, 0.2) is 0 Å². The fourth-order valence-corrected chi connectivity index (χ4v) is 2.94. The maximum atomic E-state index is 12.5. The van der Waals surface area contributed by atoms with Crippen LogP contribution in [0.5, 0.6) is 0 Å². The SMILES string of the molecule is COCCN(CC(=O)Nc1ccc(C)c(C)c1)CC(=O)Nc1cccc(C)c1C. The molecule has 0 atom stereocenters. The lowest BCUT2D eigenvalue weighted by Gasteiger charge is -2.21. The van der Waals surface area contributed by atoms with E-state index < -0.39 is 0 Å². The Kier molecular flexibility index (Phi) is 8.36. The standard InChI is InChI=1S/C23H31N3O3/c1-16-9-10-20(13-18(16)3)24-22(27)14-26(11-12-29-5)15-23(28)25-21-8-6-7-17(2)19(21)4/h6-10,13H,11-12,14-15H2,1-5H3,(H,24,27)(H,25,28). The highest BCUT2D eigenvalue weighted by atomic mass is 16.5. The average Bonchev–Trinajstić information content (AvgIpc) is 2.66. The lowest BCUT2D eigenvalue weighted by molar-refractivity contribution is -0.120. The zero-order chi connectivity index (χ0) is 21.4.